The molecule has 0 heterocycles. The Morgan fingerprint density at radius 2 is 1.53 bits per heavy atom. The molecule has 0 fully saturated rings. The van der Waals surface area contributed by atoms with Gasteiger partial charge in [-0.25, -0.2) is 14.4 Å². The zero-order chi connectivity index (χ0) is 15.1. The van der Waals surface area contributed by atoms with Crippen LogP contribution < -0.4 is 0 Å². The van der Waals surface area contributed by atoms with Crippen LogP contribution in [0.1, 0.15) is 20.8 Å². The topological polar surface area (TPSA) is 96.0 Å². The number of ether oxygens (including phenoxy) is 3. The van der Waals surface area contributed by atoms with Crippen LogP contribution in [-0.4, -0.2) is 37.6 Å². The number of rotatable bonds is 4. The molecule has 0 spiro atoms. The van der Waals surface area contributed by atoms with E-state index in [1.807, 2.05) is 0 Å². The molecule has 0 rings (SSSR count). The summed E-state index contributed by atoms with van der Waals surface area (Å²) in [5.74, 6) is -3.37. The van der Waals surface area contributed by atoms with Gasteiger partial charge in [0.05, 0.1) is 12.5 Å². The lowest BCUT2D eigenvalue weighted by Gasteiger charge is -2.14. The molecule has 7 heteroatoms. The second-order valence-corrected chi connectivity index (χ2v) is 4.48. The molecule has 0 saturated carbocycles. The molecule has 0 aromatic heterocycles. The Morgan fingerprint density at radius 3 is 2.00 bits per heavy atom. The van der Waals surface area contributed by atoms with E-state index in [-0.39, 0.29) is 0 Å². The molecular weight excluding hydrogens is 256 g/mol. The highest BCUT2D eigenvalue weighted by molar-refractivity contribution is 5.93. The first-order valence-corrected chi connectivity index (χ1v) is 5.34. The normalized spacial score (nSPS) is 10.9. The molecule has 0 aliphatic rings. The summed E-state index contributed by atoms with van der Waals surface area (Å²) in [6, 6.07) is 0. The summed E-state index contributed by atoms with van der Waals surface area (Å²) in [4.78, 5) is 44.2. The molecule has 0 atom stereocenters. The minimum atomic E-state index is -0.986. The number of hydrogen-bond donors (Lipinski definition) is 0. The average Bonchev–Trinajstić information content (AvgIpc) is 2.32. The molecule has 7 nitrogen and oxygen atoms in total. The van der Waals surface area contributed by atoms with Crippen LogP contribution in [0.15, 0.2) is 12.2 Å². The van der Waals surface area contributed by atoms with Crippen LogP contribution in [0.2, 0.25) is 0 Å². The van der Waals surface area contributed by atoms with Gasteiger partial charge in [0.25, 0.3) is 0 Å². The summed E-state index contributed by atoms with van der Waals surface area (Å²) >= 11 is 0. The first-order chi connectivity index (χ1) is 8.66. The lowest BCUT2D eigenvalue weighted by Crippen LogP contribution is -2.28. The van der Waals surface area contributed by atoms with E-state index in [2.05, 4.69) is 14.2 Å². The maximum absolute atomic E-state index is 11.3. The summed E-state index contributed by atoms with van der Waals surface area (Å²) in [5.41, 5.74) is -0.829. The molecule has 0 unspecified atom stereocenters. The van der Waals surface area contributed by atoms with Crippen LogP contribution in [0.3, 0.4) is 0 Å². The van der Waals surface area contributed by atoms with Gasteiger partial charge in [-0.2, -0.15) is 0 Å². The third kappa shape index (κ3) is 7.69. The largest absolute Gasteiger partial charge is 0.466 e. The van der Waals surface area contributed by atoms with E-state index in [0.29, 0.717) is 0 Å². The Hall–Kier alpha value is -2.18. The molecule has 0 bridgehead atoms. The molecule has 0 aliphatic heterocycles. The van der Waals surface area contributed by atoms with Gasteiger partial charge in [-0.15, -0.1) is 0 Å². The van der Waals surface area contributed by atoms with Crippen molar-refractivity contribution in [1.82, 2.24) is 0 Å². The third-order valence-electron chi connectivity index (χ3n) is 1.71. The molecule has 0 N–H and O–H groups in total. The minimum Gasteiger partial charge on any atom is -0.466 e. The fourth-order valence-corrected chi connectivity index (χ4v) is 0.668. The fourth-order valence-electron chi connectivity index (χ4n) is 0.668. The Morgan fingerprint density at radius 1 is 1.00 bits per heavy atom. The fraction of sp³-hybridized carbons (Fsp3) is 0.500. The smallest absolute Gasteiger partial charge is 0.351 e. The van der Waals surface area contributed by atoms with E-state index in [1.54, 1.807) is 20.8 Å². The van der Waals surface area contributed by atoms with Gasteiger partial charge in [-0.3, -0.25) is 4.79 Å². The standard InChI is InChI=1S/C12H16O7/c1-12(2,3)11(16)19-10(15)7-18-9(14)6-5-8(13)17-4/h5-6H,7H2,1-4H3/b6-5+. The summed E-state index contributed by atoms with van der Waals surface area (Å²) in [5, 5.41) is 0. The number of esters is 4. The minimum absolute atomic E-state index is 0.716. The quantitative estimate of drug-likeness (QED) is 0.316. The van der Waals surface area contributed by atoms with Crippen molar-refractivity contribution >= 4 is 23.9 Å². The van der Waals surface area contributed by atoms with Crippen molar-refractivity contribution in [3.8, 4) is 0 Å². The Kier molecular flexibility index (Phi) is 6.46. The Balaban J connectivity index is 4.11. The number of methoxy groups -OCH3 is 1. The lowest BCUT2D eigenvalue weighted by molar-refractivity contribution is -0.170. The van der Waals surface area contributed by atoms with Gasteiger partial charge in [0.2, 0.25) is 0 Å². The predicted molar refractivity (Wildman–Crippen MR) is 62.7 cm³/mol. The molecule has 0 saturated heterocycles. The molecule has 0 amide bonds. The van der Waals surface area contributed by atoms with Crippen LogP contribution in [0, 0.1) is 5.41 Å². The summed E-state index contributed by atoms with van der Waals surface area (Å²) in [7, 11) is 1.15. The molecule has 0 aliphatic carbocycles. The van der Waals surface area contributed by atoms with Gasteiger partial charge in [-0.05, 0) is 20.8 Å². The Bertz CT molecular complexity index is 401. The van der Waals surface area contributed by atoms with Gasteiger partial charge in [0.1, 0.15) is 0 Å². The van der Waals surface area contributed by atoms with E-state index < -0.39 is 35.9 Å². The maximum atomic E-state index is 11.3. The van der Waals surface area contributed by atoms with E-state index in [4.69, 9.17) is 0 Å². The lowest BCUT2D eigenvalue weighted by atomic mass is 9.97. The molecule has 0 aromatic rings. The zero-order valence-corrected chi connectivity index (χ0v) is 11.2. The van der Waals surface area contributed by atoms with Gasteiger partial charge >= 0.3 is 23.9 Å². The molecular formula is C12H16O7. The van der Waals surface area contributed by atoms with E-state index >= 15 is 0 Å². The van der Waals surface area contributed by atoms with Crippen molar-refractivity contribution in [2.45, 2.75) is 20.8 Å². The van der Waals surface area contributed by atoms with Crippen LogP contribution >= 0.6 is 0 Å². The van der Waals surface area contributed by atoms with Gasteiger partial charge in [0, 0.05) is 12.2 Å². The van der Waals surface area contributed by atoms with E-state index in [9.17, 15) is 19.2 Å². The summed E-state index contributed by atoms with van der Waals surface area (Å²) in [6.45, 7) is 4.02. The molecule has 0 aromatic carbocycles. The van der Waals surface area contributed by atoms with Crippen molar-refractivity contribution in [2.75, 3.05) is 13.7 Å². The molecule has 106 valence electrons. The highest BCUT2D eigenvalue weighted by Crippen LogP contribution is 2.14. The summed E-state index contributed by atoms with van der Waals surface area (Å²) < 4.78 is 13.1. The Labute approximate surface area is 110 Å². The first kappa shape index (κ1) is 16.8. The van der Waals surface area contributed by atoms with Gasteiger partial charge < -0.3 is 14.2 Å². The predicted octanol–water partition coefficient (Wildman–Crippen LogP) is 0.375. The van der Waals surface area contributed by atoms with E-state index in [0.717, 1.165) is 19.3 Å². The average molecular weight is 272 g/mol. The number of hydrogen-bond acceptors (Lipinski definition) is 7. The van der Waals surface area contributed by atoms with Crippen molar-refractivity contribution < 1.29 is 33.4 Å². The second kappa shape index (κ2) is 7.30. The highest BCUT2D eigenvalue weighted by atomic mass is 16.6. The monoisotopic (exact) mass is 272 g/mol. The van der Waals surface area contributed by atoms with Crippen molar-refractivity contribution in [3.05, 3.63) is 12.2 Å². The molecule has 0 radical (unpaired) electrons. The van der Waals surface area contributed by atoms with Crippen LogP contribution in [0.25, 0.3) is 0 Å². The van der Waals surface area contributed by atoms with Crippen molar-refractivity contribution in [3.63, 3.8) is 0 Å². The van der Waals surface area contributed by atoms with Crippen LogP contribution in [0.4, 0.5) is 0 Å². The van der Waals surface area contributed by atoms with Crippen molar-refractivity contribution in [1.29, 1.82) is 0 Å². The SMILES string of the molecule is COC(=O)/C=C/C(=O)OCC(=O)OC(=O)C(C)(C)C. The number of carbonyl (C=O) groups is 4. The maximum Gasteiger partial charge on any atom is 0.351 e. The third-order valence-corrected chi connectivity index (χ3v) is 1.71. The molecule has 19 heavy (non-hydrogen) atoms. The summed E-state index contributed by atoms with van der Waals surface area (Å²) in [6.07, 6.45) is 1.64. The van der Waals surface area contributed by atoms with Crippen LogP contribution in [-0.2, 0) is 33.4 Å². The first-order valence-electron chi connectivity index (χ1n) is 5.34. The number of carbonyl (C=O) groups excluding carboxylic acids is 4. The van der Waals surface area contributed by atoms with Gasteiger partial charge in [0.15, 0.2) is 6.61 Å². The van der Waals surface area contributed by atoms with E-state index in [1.165, 1.54) is 0 Å². The highest BCUT2D eigenvalue weighted by Gasteiger charge is 2.25. The van der Waals surface area contributed by atoms with Gasteiger partial charge in [-0.1, -0.05) is 0 Å². The zero-order valence-electron chi connectivity index (χ0n) is 11.2. The van der Waals surface area contributed by atoms with Crippen LogP contribution in [0.5, 0.6) is 0 Å². The second-order valence-electron chi connectivity index (χ2n) is 4.48. The van der Waals surface area contributed by atoms with Crippen molar-refractivity contribution in [2.24, 2.45) is 5.41 Å².